The summed E-state index contributed by atoms with van der Waals surface area (Å²) in [6, 6.07) is 20.0. The number of nitrogens with zero attached hydrogens (tertiary/aromatic N) is 2. The molecule has 2 amide bonds. The number of aromatic nitrogens is 2. The molecule has 8 nitrogen and oxygen atoms in total. The number of amides is 2. The van der Waals surface area contributed by atoms with Gasteiger partial charge in [0.15, 0.2) is 5.82 Å². The van der Waals surface area contributed by atoms with Gasteiger partial charge in [-0.15, -0.1) is 10.2 Å². The topological polar surface area (TPSA) is 130 Å². The van der Waals surface area contributed by atoms with Crippen molar-refractivity contribution in [2.45, 2.75) is 88.8 Å². The SMILES string of the molecule is CCCC(=O)NC1CCC(CC(=O)Nc2cc(-c3ccccc3)c(-c3ccc(C4(N)CC(C)(O)C4)cc3)nn2)CC1. The molecule has 0 unspecified atom stereocenters. The monoisotopic (exact) mass is 555 g/mol. The molecule has 1 heterocycles. The van der Waals surface area contributed by atoms with E-state index in [2.05, 4.69) is 20.8 Å². The molecule has 3 aromatic rings. The molecule has 2 aromatic carbocycles. The van der Waals surface area contributed by atoms with Gasteiger partial charge in [0, 0.05) is 35.5 Å². The molecule has 2 saturated carbocycles. The molecule has 0 aliphatic heterocycles. The molecule has 0 radical (unpaired) electrons. The molecule has 0 atom stereocenters. The van der Waals surface area contributed by atoms with Crippen LogP contribution in [0.4, 0.5) is 5.82 Å². The third-order valence-corrected chi connectivity index (χ3v) is 8.44. The molecule has 2 aliphatic rings. The van der Waals surface area contributed by atoms with Gasteiger partial charge >= 0.3 is 0 Å². The van der Waals surface area contributed by atoms with E-state index in [0.29, 0.717) is 37.4 Å². The second-order valence-corrected chi connectivity index (χ2v) is 12.2. The van der Waals surface area contributed by atoms with E-state index in [1.165, 1.54) is 0 Å². The smallest absolute Gasteiger partial charge is 0.225 e. The van der Waals surface area contributed by atoms with E-state index >= 15 is 0 Å². The van der Waals surface area contributed by atoms with Crippen molar-refractivity contribution < 1.29 is 14.7 Å². The van der Waals surface area contributed by atoms with Crippen LogP contribution in [0.5, 0.6) is 0 Å². The lowest BCUT2D eigenvalue weighted by Crippen LogP contribution is -2.58. The maximum absolute atomic E-state index is 13.0. The second-order valence-electron chi connectivity index (χ2n) is 12.2. The highest BCUT2D eigenvalue weighted by Crippen LogP contribution is 2.46. The van der Waals surface area contributed by atoms with E-state index in [-0.39, 0.29) is 17.9 Å². The lowest BCUT2D eigenvalue weighted by Gasteiger charge is -2.49. The number of carbonyl (C=O) groups is 2. The molecule has 1 aromatic heterocycles. The van der Waals surface area contributed by atoms with Crippen LogP contribution in [0.3, 0.4) is 0 Å². The van der Waals surface area contributed by atoms with Gasteiger partial charge in [-0.3, -0.25) is 9.59 Å². The van der Waals surface area contributed by atoms with E-state index in [1.54, 1.807) is 0 Å². The number of rotatable bonds is 9. The zero-order valence-corrected chi connectivity index (χ0v) is 24.0. The lowest BCUT2D eigenvalue weighted by molar-refractivity contribution is -0.122. The van der Waals surface area contributed by atoms with Crippen LogP contribution in [0.2, 0.25) is 0 Å². The number of carbonyl (C=O) groups excluding carboxylic acids is 2. The predicted molar refractivity (Wildman–Crippen MR) is 161 cm³/mol. The van der Waals surface area contributed by atoms with Gasteiger partial charge in [-0.05, 0) is 75.0 Å². The summed E-state index contributed by atoms with van der Waals surface area (Å²) in [5, 5.41) is 25.2. The molecule has 0 spiro atoms. The number of anilines is 1. The summed E-state index contributed by atoms with van der Waals surface area (Å²) in [6.07, 6.45) is 6.55. The van der Waals surface area contributed by atoms with Crippen LogP contribution < -0.4 is 16.4 Å². The highest BCUT2D eigenvalue weighted by molar-refractivity contribution is 5.91. The number of nitrogens with two attached hydrogens (primary N) is 1. The first-order valence-electron chi connectivity index (χ1n) is 14.8. The Labute approximate surface area is 242 Å². The molecule has 2 fully saturated rings. The van der Waals surface area contributed by atoms with Crippen LogP contribution >= 0.6 is 0 Å². The van der Waals surface area contributed by atoms with E-state index in [0.717, 1.165) is 60.1 Å². The number of nitrogens with one attached hydrogen (secondary N) is 2. The number of hydrogen-bond acceptors (Lipinski definition) is 6. The largest absolute Gasteiger partial charge is 0.390 e. The number of aliphatic hydroxyl groups is 1. The molecule has 2 aliphatic carbocycles. The molecular formula is C33H41N5O3. The van der Waals surface area contributed by atoms with Gasteiger partial charge < -0.3 is 21.5 Å². The van der Waals surface area contributed by atoms with Crippen molar-refractivity contribution in [2.75, 3.05) is 5.32 Å². The lowest BCUT2D eigenvalue weighted by atomic mass is 9.63. The van der Waals surface area contributed by atoms with Crippen molar-refractivity contribution in [2.24, 2.45) is 11.7 Å². The Morgan fingerprint density at radius 1 is 0.951 bits per heavy atom. The summed E-state index contributed by atoms with van der Waals surface area (Å²) >= 11 is 0. The summed E-state index contributed by atoms with van der Waals surface area (Å²) in [5.74, 6) is 0.765. The first-order valence-corrected chi connectivity index (χ1v) is 14.8. The summed E-state index contributed by atoms with van der Waals surface area (Å²) in [6.45, 7) is 3.82. The van der Waals surface area contributed by atoms with Crippen LogP contribution in [-0.4, -0.2) is 38.8 Å². The zero-order chi connectivity index (χ0) is 29.0. The Kier molecular flexibility index (Phi) is 8.52. The highest BCUT2D eigenvalue weighted by atomic mass is 16.3. The Balaban J connectivity index is 1.27. The van der Waals surface area contributed by atoms with E-state index in [4.69, 9.17) is 5.73 Å². The van der Waals surface area contributed by atoms with Crippen LogP contribution in [0, 0.1) is 5.92 Å². The molecular weight excluding hydrogens is 514 g/mol. The van der Waals surface area contributed by atoms with Crippen molar-refractivity contribution in [1.29, 1.82) is 0 Å². The fraction of sp³-hybridized carbons (Fsp3) is 0.455. The zero-order valence-electron chi connectivity index (χ0n) is 24.0. The first kappa shape index (κ1) is 28.9. The number of benzene rings is 2. The van der Waals surface area contributed by atoms with Gasteiger partial charge in [-0.2, -0.15) is 0 Å². The van der Waals surface area contributed by atoms with Crippen LogP contribution in [0.15, 0.2) is 60.7 Å². The summed E-state index contributed by atoms with van der Waals surface area (Å²) in [4.78, 5) is 24.9. The van der Waals surface area contributed by atoms with Crippen LogP contribution in [-0.2, 0) is 15.1 Å². The van der Waals surface area contributed by atoms with Gasteiger partial charge in [-0.25, -0.2) is 0 Å². The second kappa shape index (κ2) is 12.1. The molecule has 5 N–H and O–H groups in total. The van der Waals surface area contributed by atoms with Crippen molar-refractivity contribution in [3.8, 4) is 22.4 Å². The molecule has 41 heavy (non-hydrogen) atoms. The Morgan fingerprint density at radius 3 is 2.27 bits per heavy atom. The quantitative estimate of drug-likeness (QED) is 0.283. The van der Waals surface area contributed by atoms with Crippen molar-refractivity contribution in [3.63, 3.8) is 0 Å². The fourth-order valence-electron chi connectivity index (χ4n) is 6.47. The molecule has 216 valence electrons. The van der Waals surface area contributed by atoms with Gasteiger partial charge in [0.1, 0.15) is 5.69 Å². The average Bonchev–Trinajstić information content (AvgIpc) is 2.94. The van der Waals surface area contributed by atoms with E-state index in [1.807, 2.05) is 74.5 Å². The minimum atomic E-state index is -0.717. The Morgan fingerprint density at radius 2 is 1.63 bits per heavy atom. The highest BCUT2D eigenvalue weighted by Gasteiger charge is 2.49. The summed E-state index contributed by atoms with van der Waals surface area (Å²) in [5.41, 5.74) is 9.76. The van der Waals surface area contributed by atoms with Crippen LogP contribution in [0.25, 0.3) is 22.4 Å². The van der Waals surface area contributed by atoms with Crippen molar-refractivity contribution in [1.82, 2.24) is 15.5 Å². The Bertz CT molecular complexity index is 1360. The summed E-state index contributed by atoms with van der Waals surface area (Å²) < 4.78 is 0. The standard InChI is InChI=1S/C33H41N5O3/c1-3-7-29(39)35-26-16-10-22(11-17-26)18-30(40)36-28-19-27(23-8-5-4-6-9-23)31(38-37-28)24-12-14-25(15-13-24)33(34)20-32(2,41)21-33/h4-6,8-9,12-15,19,22,26,41H,3,7,10-11,16-18,20-21,34H2,1-2H3,(H,35,39)(H,36,37,40). The minimum absolute atomic E-state index is 0.0708. The third kappa shape index (κ3) is 7.00. The average molecular weight is 556 g/mol. The van der Waals surface area contributed by atoms with Crippen LogP contribution in [0.1, 0.15) is 77.2 Å². The van der Waals surface area contributed by atoms with E-state index in [9.17, 15) is 14.7 Å². The maximum Gasteiger partial charge on any atom is 0.225 e. The fourth-order valence-corrected chi connectivity index (χ4v) is 6.47. The Hall–Kier alpha value is -3.62. The number of hydrogen-bond donors (Lipinski definition) is 4. The van der Waals surface area contributed by atoms with Gasteiger partial charge in [0.25, 0.3) is 0 Å². The summed E-state index contributed by atoms with van der Waals surface area (Å²) in [7, 11) is 0. The van der Waals surface area contributed by atoms with Gasteiger partial charge in [0.05, 0.1) is 5.60 Å². The predicted octanol–water partition coefficient (Wildman–Crippen LogP) is 5.31. The van der Waals surface area contributed by atoms with Crippen molar-refractivity contribution >= 4 is 17.6 Å². The van der Waals surface area contributed by atoms with E-state index < -0.39 is 11.1 Å². The minimum Gasteiger partial charge on any atom is -0.390 e. The molecule has 5 rings (SSSR count). The molecule has 0 saturated heterocycles. The van der Waals surface area contributed by atoms with Gasteiger partial charge in [-0.1, -0.05) is 61.5 Å². The molecule has 0 bridgehead atoms. The normalized spacial score (nSPS) is 25.7. The maximum atomic E-state index is 13.0. The van der Waals surface area contributed by atoms with Gasteiger partial charge in [0.2, 0.25) is 11.8 Å². The third-order valence-electron chi connectivity index (χ3n) is 8.44. The first-order chi connectivity index (χ1) is 19.6. The van der Waals surface area contributed by atoms with Crippen molar-refractivity contribution in [3.05, 3.63) is 66.2 Å². The molecule has 8 heteroatoms.